The van der Waals surface area contributed by atoms with E-state index in [4.69, 9.17) is 25.7 Å². The van der Waals surface area contributed by atoms with Crippen molar-refractivity contribution in [1.82, 2.24) is 4.57 Å². The van der Waals surface area contributed by atoms with Gasteiger partial charge in [-0.1, -0.05) is 71.5 Å². The third-order valence-corrected chi connectivity index (χ3v) is 9.13. The van der Waals surface area contributed by atoms with E-state index in [1.165, 1.54) is 11.3 Å². The fourth-order valence-electron chi connectivity index (χ4n) is 5.11. The Balaban J connectivity index is 1.56. The number of carbonyl (C=O) groups is 1. The van der Waals surface area contributed by atoms with E-state index in [0.717, 1.165) is 27.1 Å². The van der Waals surface area contributed by atoms with Gasteiger partial charge < -0.3 is 9.15 Å². The van der Waals surface area contributed by atoms with Crippen molar-refractivity contribution in [2.75, 3.05) is 12.9 Å². The van der Waals surface area contributed by atoms with Crippen molar-refractivity contribution < 1.29 is 13.9 Å². The van der Waals surface area contributed by atoms with Crippen LogP contribution >= 0.6 is 34.7 Å². The highest BCUT2D eigenvalue weighted by molar-refractivity contribution is 7.98. The van der Waals surface area contributed by atoms with Crippen LogP contribution in [0.2, 0.25) is 5.02 Å². The van der Waals surface area contributed by atoms with Crippen molar-refractivity contribution in [3.05, 3.63) is 138 Å². The van der Waals surface area contributed by atoms with Crippen molar-refractivity contribution in [2.45, 2.75) is 24.8 Å². The number of esters is 1. The Kier molecular flexibility index (Phi) is 8.25. The highest BCUT2D eigenvalue weighted by atomic mass is 35.5. The van der Waals surface area contributed by atoms with Crippen molar-refractivity contribution in [1.29, 1.82) is 0 Å². The lowest BCUT2D eigenvalue weighted by Crippen LogP contribution is -2.40. The molecule has 0 saturated heterocycles. The molecule has 0 bridgehead atoms. The SMILES string of the molecule is CCOC(=O)C1=C(c2ccccc2)N=c2s/c(=C\c3ccc(-c4cc(Cl)ccc4C)o3)c(=O)n2C1c1ccc(SC)cc1. The largest absolute Gasteiger partial charge is 0.463 e. The lowest BCUT2D eigenvalue weighted by atomic mass is 9.93. The number of fused-ring (bicyclic) bond motifs is 1. The number of nitrogens with zero attached hydrogens (tertiary/aromatic N) is 2. The number of thioether (sulfide) groups is 1. The maximum atomic E-state index is 14.1. The zero-order valence-electron chi connectivity index (χ0n) is 23.7. The quantitative estimate of drug-likeness (QED) is 0.145. The minimum Gasteiger partial charge on any atom is -0.463 e. The smallest absolute Gasteiger partial charge is 0.338 e. The monoisotopic (exact) mass is 626 g/mol. The van der Waals surface area contributed by atoms with Crippen LogP contribution in [0.5, 0.6) is 0 Å². The van der Waals surface area contributed by atoms with Gasteiger partial charge in [0.25, 0.3) is 5.56 Å². The number of benzene rings is 3. The highest BCUT2D eigenvalue weighted by Crippen LogP contribution is 2.36. The summed E-state index contributed by atoms with van der Waals surface area (Å²) < 4.78 is 13.7. The van der Waals surface area contributed by atoms with Crippen molar-refractivity contribution >= 4 is 52.4 Å². The molecule has 1 atom stereocenters. The molecule has 5 aromatic rings. The van der Waals surface area contributed by atoms with Gasteiger partial charge in [0.2, 0.25) is 0 Å². The third-order valence-electron chi connectivity index (χ3n) is 7.17. The normalized spacial score (nSPS) is 14.9. The summed E-state index contributed by atoms with van der Waals surface area (Å²) in [6, 6.07) is 26.0. The van der Waals surface area contributed by atoms with Crippen molar-refractivity contribution in [2.24, 2.45) is 4.99 Å². The zero-order chi connectivity index (χ0) is 30.1. The van der Waals surface area contributed by atoms with Gasteiger partial charge in [0.05, 0.1) is 28.5 Å². The summed E-state index contributed by atoms with van der Waals surface area (Å²) in [6.45, 7) is 3.95. The number of aryl methyl sites for hydroxylation is 1. The van der Waals surface area contributed by atoms with Gasteiger partial charge in [-0.15, -0.1) is 11.8 Å². The molecule has 0 aliphatic carbocycles. The molecule has 0 fully saturated rings. The summed E-state index contributed by atoms with van der Waals surface area (Å²) >= 11 is 9.11. The van der Waals surface area contributed by atoms with Crippen LogP contribution in [0.25, 0.3) is 23.1 Å². The zero-order valence-corrected chi connectivity index (χ0v) is 26.1. The molecule has 1 aliphatic heterocycles. The number of ether oxygens (including phenoxy) is 1. The lowest BCUT2D eigenvalue weighted by Gasteiger charge is -2.26. The summed E-state index contributed by atoms with van der Waals surface area (Å²) in [5.74, 6) is 0.668. The minimum absolute atomic E-state index is 0.194. The van der Waals surface area contributed by atoms with E-state index in [2.05, 4.69) is 0 Å². The lowest BCUT2D eigenvalue weighted by molar-refractivity contribution is -0.138. The van der Waals surface area contributed by atoms with Gasteiger partial charge in [0.15, 0.2) is 4.80 Å². The molecule has 3 heterocycles. The molecule has 0 spiro atoms. The van der Waals surface area contributed by atoms with Crippen LogP contribution in [0, 0.1) is 6.92 Å². The summed E-state index contributed by atoms with van der Waals surface area (Å²) in [6.07, 6.45) is 3.72. The van der Waals surface area contributed by atoms with Crippen LogP contribution in [0.3, 0.4) is 0 Å². The van der Waals surface area contributed by atoms with E-state index in [0.29, 0.717) is 37.1 Å². The number of hydrogen-bond donors (Lipinski definition) is 0. The topological polar surface area (TPSA) is 73.8 Å². The minimum atomic E-state index is -0.732. The van der Waals surface area contributed by atoms with Crippen molar-refractivity contribution in [3.63, 3.8) is 0 Å². The van der Waals surface area contributed by atoms with E-state index in [9.17, 15) is 9.59 Å². The average molecular weight is 627 g/mol. The first-order chi connectivity index (χ1) is 20.9. The predicted octanol–water partition coefficient (Wildman–Crippen LogP) is 6.88. The first-order valence-corrected chi connectivity index (χ1v) is 16.1. The number of carbonyl (C=O) groups excluding carboxylic acids is 1. The molecular formula is C34H27ClN2O4S2. The second-order valence-electron chi connectivity index (χ2n) is 9.87. The Labute approximate surface area is 261 Å². The second kappa shape index (κ2) is 12.2. The number of hydrogen-bond acceptors (Lipinski definition) is 7. The van der Waals surface area contributed by atoms with Crippen LogP contribution in [-0.2, 0) is 9.53 Å². The maximum absolute atomic E-state index is 14.1. The van der Waals surface area contributed by atoms with Gasteiger partial charge in [0, 0.05) is 27.1 Å². The highest BCUT2D eigenvalue weighted by Gasteiger charge is 2.35. The molecule has 1 aliphatic rings. The predicted molar refractivity (Wildman–Crippen MR) is 173 cm³/mol. The van der Waals surface area contributed by atoms with Gasteiger partial charge in [-0.25, -0.2) is 9.79 Å². The first-order valence-electron chi connectivity index (χ1n) is 13.7. The van der Waals surface area contributed by atoms with Crippen LogP contribution in [0.4, 0.5) is 0 Å². The Morgan fingerprint density at radius 3 is 2.58 bits per heavy atom. The van der Waals surface area contributed by atoms with Crippen LogP contribution in [-0.4, -0.2) is 23.4 Å². The summed E-state index contributed by atoms with van der Waals surface area (Å²) in [5.41, 5.74) is 4.00. The molecule has 0 amide bonds. The molecule has 43 heavy (non-hydrogen) atoms. The van der Waals surface area contributed by atoms with E-state index >= 15 is 0 Å². The molecule has 6 rings (SSSR count). The maximum Gasteiger partial charge on any atom is 0.338 e. The van der Waals surface area contributed by atoms with E-state index in [1.54, 1.807) is 29.3 Å². The van der Waals surface area contributed by atoms with Gasteiger partial charge in [-0.3, -0.25) is 9.36 Å². The Bertz CT molecular complexity index is 2040. The Morgan fingerprint density at radius 1 is 1.09 bits per heavy atom. The van der Waals surface area contributed by atoms with Crippen LogP contribution in [0.1, 0.15) is 35.4 Å². The number of thiazole rings is 1. The fourth-order valence-corrected chi connectivity index (χ4v) is 6.67. The van der Waals surface area contributed by atoms with E-state index < -0.39 is 12.0 Å². The number of aromatic nitrogens is 1. The molecule has 216 valence electrons. The van der Waals surface area contributed by atoms with Gasteiger partial charge in [0.1, 0.15) is 11.5 Å². The van der Waals surface area contributed by atoms with Gasteiger partial charge in [-0.05, 0) is 67.6 Å². The average Bonchev–Trinajstić information content (AvgIpc) is 3.62. The van der Waals surface area contributed by atoms with Gasteiger partial charge in [-0.2, -0.15) is 0 Å². The molecule has 1 unspecified atom stereocenters. The van der Waals surface area contributed by atoms with Gasteiger partial charge >= 0.3 is 5.97 Å². The molecule has 0 saturated carbocycles. The Morgan fingerprint density at radius 2 is 1.86 bits per heavy atom. The first kappa shape index (κ1) is 29.0. The van der Waals surface area contributed by atoms with Crippen molar-refractivity contribution in [3.8, 4) is 11.3 Å². The van der Waals surface area contributed by atoms with E-state index in [1.807, 2.05) is 98.1 Å². The molecule has 2 aromatic heterocycles. The second-order valence-corrected chi connectivity index (χ2v) is 12.2. The molecular weight excluding hydrogens is 600 g/mol. The summed E-state index contributed by atoms with van der Waals surface area (Å²) in [4.78, 5) is 34.2. The molecule has 3 aromatic carbocycles. The number of rotatable bonds is 7. The third kappa shape index (κ3) is 5.66. The number of furan rings is 1. The van der Waals surface area contributed by atoms with Crippen LogP contribution < -0.4 is 14.9 Å². The molecule has 0 N–H and O–H groups in total. The summed E-state index contributed by atoms with van der Waals surface area (Å²) in [5, 5.41) is 0.615. The van der Waals surface area contributed by atoms with Crippen LogP contribution in [0.15, 0.2) is 110 Å². The van der Waals surface area contributed by atoms with E-state index in [-0.39, 0.29) is 12.2 Å². The molecule has 6 nitrogen and oxygen atoms in total. The summed E-state index contributed by atoms with van der Waals surface area (Å²) in [7, 11) is 0. The molecule has 0 radical (unpaired) electrons. The number of halogens is 1. The standard InChI is InChI=1S/C34H27ClN2O4S2/c1-4-40-33(39)29-30(21-8-6-5-7-9-21)36-34-37(31(29)22-11-15-25(42-3)16-12-22)32(38)28(43-34)19-24-14-17-27(41-24)26-18-23(35)13-10-20(26)2/h5-19,31H,4H2,1-3H3/b28-19-. The molecule has 9 heteroatoms. The Hall–Kier alpha value is -4.11. The fraction of sp³-hybridized carbons (Fsp3) is 0.147.